The number of hydrogen-bond donors (Lipinski definition) is 0. The Bertz CT molecular complexity index is 1360. The van der Waals surface area contributed by atoms with Crippen LogP contribution in [0.1, 0.15) is 37.8 Å². The van der Waals surface area contributed by atoms with Gasteiger partial charge in [-0.15, -0.1) is 0 Å². The summed E-state index contributed by atoms with van der Waals surface area (Å²) >= 11 is 0. The first-order valence-electron chi connectivity index (χ1n) is 12.8. The van der Waals surface area contributed by atoms with Gasteiger partial charge in [0.2, 0.25) is 0 Å². The van der Waals surface area contributed by atoms with Crippen LogP contribution in [0.4, 0.5) is 0 Å². The maximum Gasteiger partial charge on any atom is 0.107 e. The lowest BCUT2D eigenvalue weighted by atomic mass is 10.0. The summed E-state index contributed by atoms with van der Waals surface area (Å²) in [5.41, 5.74) is 6.66. The first kappa shape index (κ1) is 27.6. The van der Waals surface area contributed by atoms with E-state index in [1.165, 1.54) is 22.3 Å². The van der Waals surface area contributed by atoms with Crippen molar-refractivity contribution in [1.29, 1.82) is 10.5 Å². The summed E-state index contributed by atoms with van der Waals surface area (Å²) in [4.78, 5) is 0. The zero-order valence-corrected chi connectivity index (χ0v) is 21.9. The molecule has 38 heavy (non-hydrogen) atoms. The lowest BCUT2D eigenvalue weighted by molar-refractivity contribution is 0.814. The largest absolute Gasteiger partial charge is 0.197 e. The fourth-order valence-corrected chi connectivity index (χ4v) is 3.55. The standard InChI is InChI=1S/2C18H15N/c2*1-2-15(14-19)8-9-16-10-12-18(13-11-16)17-6-4-3-5-7-17/h2*3-7,10-13,15H,2H2,1H3/t2*15-/m00/s1. The highest BCUT2D eigenvalue weighted by Gasteiger charge is 1.99. The molecule has 0 amide bonds. The molecule has 2 atom stereocenters. The molecule has 4 aromatic rings. The first-order valence-corrected chi connectivity index (χ1v) is 12.8. The Labute approximate surface area is 227 Å². The van der Waals surface area contributed by atoms with Crippen molar-refractivity contribution in [2.24, 2.45) is 11.8 Å². The van der Waals surface area contributed by atoms with Crippen LogP contribution in [0.25, 0.3) is 22.3 Å². The van der Waals surface area contributed by atoms with Gasteiger partial charge in [-0.25, -0.2) is 0 Å². The maximum atomic E-state index is 8.84. The predicted octanol–water partition coefficient (Wildman–Crippen LogP) is 8.51. The van der Waals surface area contributed by atoms with Gasteiger partial charge in [0.1, 0.15) is 11.8 Å². The van der Waals surface area contributed by atoms with E-state index < -0.39 is 0 Å². The van der Waals surface area contributed by atoms with Gasteiger partial charge in [-0.3, -0.25) is 0 Å². The normalized spacial score (nSPS) is 10.9. The molecule has 4 rings (SSSR count). The third kappa shape index (κ3) is 8.58. The Morgan fingerprint density at radius 3 is 1.08 bits per heavy atom. The van der Waals surface area contributed by atoms with Crippen LogP contribution in [0.2, 0.25) is 0 Å². The summed E-state index contributed by atoms with van der Waals surface area (Å²) in [6, 6.07) is 41.1. The summed E-state index contributed by atoms with van der Waals surface area (Å²) in [6.07, 6.45) is 1.54. The van der Waals surface area contributed by atoms with Gasteiger partial charge < -0.3 is 0 Å². The van der Waals surface area contributed by atoms with Gasteiger partial charge in [-0.2, -0.15) is 10.5 Å². The minimum Gasteiger partial charge on any atom is -0.197 e. The van der Waals surface area contributed by atoms with E-state index in [1.54, 1.807) is 0 Å². The monoisotopic (exact) mass is 490 g/mol. The third-order valence-corrected chi connectivity index (χ3v) is 5.89. The van der Waals surface area contributed by atoms with Crippen molar-refractivity contribution in [3.63, 3.8) is 0 Å². The number of rotatable bonds is 4. The predicted molar refractivity (Wildman–Crippen MR) is 156 cm³/mol. The summed E-state index contributed by atoms with van der Waals surface area (Å²) in [7, 11) is 0. The minimum absolute atomic E-state index is 0.172. The van der Waals surface area contributed by atoms with Crippen molar-refractivity contribution in [1.82, 2.24) is 0 Å². The van der Waals surface area contributed by atoms with Gasteiger partial charge in [-0.05, 0) is 59.4 Å². The van der Waals surface area contributed by atoms with E-state index in [0.717, 1.165) is 24.0 Å². The second-order valence-electron chi connectivity index (χ2n) is 8.61. The number of hydrogen-bond acceptors (Lipinski definition) is 2. The van der Waals surface area contributed by atoms with Crippen molar-refractivity contribution in [2.45, 2.75) is 26.7 Å². The molecule has 0 heterocycles. The van der Waals surface area contributed by atoms with Gasteiger partial charge in [0.15, 0.2) is 0 Å². The van der Waals surface area contributed by atoms with Crippen LogP contribution in [0, 0.1) is 58.2 Å². The second-order valence-corrected chi connectivity index (χ2v) is 8.61. The summed E-state index contributed by atoms with van der Waals surface area (Å²) in [5, 5.41) is 17.7. The molecular formula is C36H30N2. The van der Waals surface area contributed by atoms with Crippen molar-refractivity contribution in [2.75, 3.05) is 0 Å². The molecule has 0 spiro atoms. The van der Waals surface area contributed by atoms with E-state index in [2.05, 4.69) is 84.4 Å². The average molecular weight is 491 g/mol. The highest BCUT2D eigenvalue weighted by molar-refractivity contribution is 5.65. The summed E-state index contributed by atoms with van der Waals surface area (Å²) < 4.78 is 0. The van der Waals surface area contributed by atoms with E-state index in [0.29, 0.717) is 0 Å². The summed E-state index contributed by atoms with van der Waals surface area (Å²) in [5.74, 6) is 11.7. The Hall–Kier alpha value is -5.02. The lowest BCUT2D eigenvalue weighted by Gasteiger charge is -2.01. The first-order chi connectivity index (χ1) is 18.7. The Morgan fingerprint density at radius 2 is 0.789 bits per heavy atom. The molecule has 2 nitrogen and oxygen atoms in total. The van der Waals surface area contributed by atoms with Crippen LogP contribution in [0.15, 0.2) is 109 Å². The van der Waals surface area contributed by atoms with Crippen molar-refractivity contribution in [3.8, 4) is 58.1 Å². The van der Waals surface area contributed by atoms with E-state index in [-0.39, 0.29) is 11.8 Å². The van der Waals surface area contributed by atoms with E-state index in [1.807, 2.05) is 74.5 Å². The molecule has 0 aromatic heterocycles. The zero-order chi connectivity index (χ0) is 27.0. The molecule has 0 bridgehead atoms. The van der Waals surface area contributed by atoms with Crippen molar-refractivity contribution in [3.05, 3.63) is 120 Å². The van der Waals surface area contributed by atoms with Crippen molar-refractivity contribution < 1.29 is 0 Å². The topological polar surface area (TPSA) is 47.6 Å². The van der Waals surface area contributed by atoms with Gasteiger partial charge >= 0.3 is 0 Å². The molecule has 0 aliphatic heterocycles. The molecule has 0 aliphatic rings. The van der Waals surface area contributed by atoms with Crippen molar-refractivity contribution >= 4 is 0 Å². The molecule has 0 saturated carbocycles. The molecule has 0 N–H and O–H groups in total. The lowest BCUT2D eigenvalue weighted by Crippen LogP contribution is -1.88. The minimum atomic E-state index is -0.172. The summed E-state index contributed by atoms with van der Waals surface area (Å²) in [6.45, 7) is 3.95. The van der Waals surface area contributed by atoms with Crippen LogP contribution in [0.5, 0.6) is 0 Å². The fourth-order valence-electron chi connectivity index (χ4n) is 3.55. The highest BCUT2D eigenvalue weighted by atomic mass is 14.3. The quantitative estimate of drug-likeness (QED) is 0.269. The average Bonchev–Trinajstić information content (AvgIpc) is 3.00. The molecule has 2 heteroatoms. The van der Waals surface area contributed by atoms with Crippen LogP contribution < -0.4 is 0 Å². The molecule has 184 valence electrons. The van der Waals surface area contributed by atoms with Crippen LogP contribution in [-0.4, -0.2) is 0 Å². The molecule has 0 aliphatic carbocycles. The third-order valence-electron chi connectivity index (χ3n) is 5.89. The Morgan fingerprint density at radius 1 is 0.474 bits per heavy atom. The van der Waals surface area contributed by atoms with E-state index in [9.17, 15) is 0 Å². The van der Waals surface area contributed by atoms with Gasteiger partial charge in [0.05, 0.1) is 12.1 Å². The van der Waals surface area contributed by atoms with Gasteiger partial charge in [0.25, 0.3) is 0 Å². The Balaban J connectivity index is 0.000000211. The number of nitriles is 2. The van der Waals surface area contributed by atoms with Crippen LogP contribution in [0.3, 0.4) is 0 Å². The van der Waals surface area contributed by atoms with Crippen LogP contribution in [-0.2, 0) is 0 Å². The molecular weight excluding hydrogens is 460 g/mol. The molecule has 0 radical (unpaired) electrons. The fraction of sp³-hybridized carbons (Fsp3) is 0.167. The second kappa shape index (κ2) is 15.2. The molecule has 0 saturated heterocycles. The van der Waals surface area contributed by atoms with E-state index >= 15 is 0 Å². The highest BCUT2D eigenvalue weighted by Crippen LogP contribution is 2.20. The maximum absolute atomic E-state index is 8.84. The SMILES string of the molecule is CC[C@H](C#N)C#Cc1ccc(-c2ccccc2)cc1.CC[C@H](C#N)C#Cc1ccc(-c2ccccc2)cc1. The Kier molecular flexibility index (Phi) is 11.0. The smallest absolute Gasteiger partial charge is 0.107 e. The number of nitrogens with zero attached hydrogens (tertiary/aromatic N) is 2. The van der Waals surface area contributed by atoms with Gasteiger partial charge in [-0.1, -0.05) is 122 Å². The molecule has 0 fully saturated rings. The van der Waals surface area contributed by atoms with Crippen LogP contribution >= 0.6 is 0 Å². The molecule has 0 unspecified atom stereocenters. The number of benzene rings is 4. The zero-order valence-electron chi connectivity index (χ0n) is 21.9. The van der Waals surface area contributed by atoms with Gasteiger partial charge in [0, 0.05) is 11.1 Å². The molecule has 4 aromatic carbocycles. The van der Waals surface area contributed by atoms with E-state index in [4.69, 9.17) is 10.5 Å².